The van der Waals surface area contributed by atoms with Gasteiger partial charge in [0.2, 0.25) is 11.8 Å². The summed E-state index contributed by atoms with van der Waals surface area (Å²) in [5, 5.41) is 5.09. The second-order valence-electron chi connectivity index (χ2n) is 13.7. The maximum atomic E-state index is 13.5. The summed E-state index contributed by atoms with van der Waals surface area (Å²) in [6, 6.07) is 28.0. The van der Waals surface area contributed by atoms with Crippen LogP contribution in [0, 0.1) is 0 Å². The Morgan fingerprint density at radius 1 is 0.525 bits per heavy atom. The summed E-state index contributed by atoms with van der Waals surface area (Å²) < 4.78 is 79.5. The number of aliphatic imine (C=N–C) groups is 2. The molecule has 0 saturated heterocycles. The van der Waals surface area contributed by atoms with Crippen molar-refractivity contribution in [3.8, 4) is 22.3 Å². The van der Waals surface area contributed by atoms with Gasteiger partial charge >= 0.3 is 12.4 Å². The van der Waals surface area contributed by atoms with Crippen molar-refractivity contribution in [2.24, 2.45) is 9.98 Å². The second kappa shape index (κ2) is 16.4. The molecule has 59 heavy (non-hydrogen) atoms. The minimum Gasteiger partial charge on any atom is -0.377 e. The molecule has 4 heterocycles. The number of alkyl halides is 6. The molecule has 9 nitrogen and oxygen atoms in total. The van der Waals surface area contributed by atoms with E-state index in [1.807, 2.05) is 72.8 Å². The number of hydrogen-bond donors (Lipinski definition) is 2. The lowest BCUT2D eigenvalue weighted by molar-refractivity contribution is -0.138. The van der Waals surface area contributed by atoms with Crippen LogP contribution in [0.25, 0.3) is 22.3 Å². The molecular formula is C44H33F6N7O2. The molecule has 8 rings (SSSR count). The molecule has 0 atom stereocenters. The van der Waals surface area contributed by atoms with Gasteiger partial charge in [-0.15, -0.1) is 0 Å². The van der Waals surface area contributed by atoms with Gasteiger partial charge in [-0.1, -0.05) is 36.4 Å². The number of amides is 2. The molecule has 4 aromatic carbocycles. The number of pyridine rings is 2. The van der Waals surface area contributed by atoms with Crippen molar-refractivity contribution >= 4 is 51.7 Å². The quantitative estimate of drug-likeness (QED) is 0.169. The lowest BCUT2D eigenvalue weighted by Crippen LogP contribution is -2.18. The first-order valence-corrected chi connectivity index (χ1v) is 18.0. The highest BCUT2D eigenvalue weighted by Gasteiger charge is 2.36. The van der Waals surface area contributed by atoms with Gasteiger partial charge in [-0.05, 0) is 100 Å². The zero-order chi connectivity index (χ0) is 41.9. The smallest absolute Gasteiger partial charge is 0.377 e. The van der Waals surface area contributed by atoms with Crippen molar-refractivity contribution < 1.29 is 35.9 Å². The van der Waals surface area contributed by atoms with E-state index in [2.05, 4.69) is 30.6 Å². The van der Waals surface area contributed by atoms with Crippen molar-refractivity contribution in [2.45, 2.75) is 25.2 Å². The van der Waals surface area contributed by atoms with Crippen molar-refractivity contribution in [1.82, 2.24) is 9.97 Å². The molecule has 0 radical (unpaired) electrons. The maximum absolute atomic E-state index is 13.5. The third-order valence-corrected chi connectivity index (χ3v) is 9.36. The van der Waals surface area contributed by atoms with Crippen LogP contribution in [0.1, 0.15) is 35.1 Å². The Morgan fingerprint density at radius 2 is 1.00 bits per heavy atom. The number of carbonyl (C=O) groups excluding carboxylic acids is 2. The minimum atomic E-state index is -4.56. The summed E-state index contributed by atoms with van der Waals surface area (Å²) in [5.41, 5.74) is 5.22. The molecule has 2 amide bonds. The fraction of sp³-hybridized carbons (Fsp3) is 0.136. The monoisotopic (exact) mass is 805 g/mol. The molecule has 0 unspecified atom stereocenters. The van der Waals surface area contributed by atoms with Gasteiger partial charge in [-0.25, -0.2) is 0 Å². The Bertz CT molecular complexity index is 2610. The van der Waals surface area contributed by atoms with Crippen LogP contribution in [0.3, 0.4) is 0 Å². The van der Waals surface area contributed by atoms with Crippen molar-refractivity contribution in [2.75, 3.05) is 29.6 Å². The van der Waals surface area contributed by atoms with Crippen LogP contribution in [-0.4, -0.2) is 47.3 Å². The van der Waals surface area contributed by atoms with Crippen molar-refractivity contribution in [3.63, 3.8) is 0 Å². The maximum Gasteiger partial charge on any atom is 0.418 e. The highest BCUT2D eigenvalue weighted by molar-refractivity contribution is 6.18. The fourth-order valence-electron chi connectivity index (χ4n) is 6.52. The molecular weight excluding hydrogens is 773 g/mol. The summed E-state index contributed by atoms with van der Waals surface area (Å²) in [6.07, 6.45) is -2.37. The van der Waals surface area contributed by atoms with Crippen LogP contribution < -0.4 is 15.5 Å². The molecule has 2 aromatic heterocycles. The predicted octanol–water partition coefficient (Wildman–Crippen LogP) is 10.5. The second-order valence-corrected chi connectivity index (χ2v) is 13.7. The van der Waals surface area contributed by atoms with E-state index in [9.17, 15) is 35.9 Å². The minimum absolute atomic E-state index is 0.0176. The number of nitrogens with zero attached hydrogens (tertiary/aromatic N) is 5. The number of aromatic nitrogens is 2. The molecule has 298 valence electrons. The molecule has 0 spiro atoms. The lowest BCUT2D eigenvalue weighted by Gasteiger charge is -2.21. The standard InChI is InChI=1S/C23H19F3N4O.C21H14F3N3O/c1-30(2)21-12-20-19(11-17(21)23(24,25)26)29-22(31)13-18(28-20)16-5-3-4-15(10-16)14-6-8-27-9-7-14;22-21(23,24)16-4-5-17-19(11-16)27-20(28)12-18(26-17)15-3-1-2-14(10-15)13-6-8-25-9-7-13/h3-12H,13H2,1-2H3,(H,29,31);1-11H,12H2,(H,27,28). The average Bonchev–Trinajstić information content (AvgIpc) is 3.50. The zero-order valence-corrected chi connectivity index (χ0v) is 31.4. The molecule has 0 aliphatic carbocycles. The van der Waals surface area contributed by atoms with Gasteiger partial charge in [0, 0.05) is 38.9 Å². The van der Waals surface area contributed by atoms with Gasteiger partial charge in [0.05, 0.1) is 63.8 Å². The van der Waals surface area contributed by atoms with E-state index in [-0.39, 0.29) is 35.6 Å². The van der Waals surface area contributed by atoms with E-state index >= 15 is 0 Å². The first kappa shape index (κ1) is 40.1. The third kappa shape index (κ3) is 9.36. The van der Waals surface area contributed by atoms with Crippen LogP contribution >= 0.6 is 0 Å². The lowest BCUT2D eigenvalue weighted by atomic mass is 10.0. The number of halogens is 6. The van der Waals surface area contributed by atoms with E-state index in [0.717, 1.165) is 51.6 Å². The van der Waals surface area contributed by atoms with E-state index in [4.69, 9.17) is 0 Å². The molecule has 2 aliphatic heterocycles. The van der Waals surface area contributed by atoms with Crippen LogP contribution in [0.2, 0.25) is 0 Å². The predicted molar refractivity (Wildman–Crippen MR) is 215 cm³/mol. The zero-order valence-electron chi connectivity index (χ0n) is 31.4. The van der Waals surface area contributed by atoms with Crippen molar-refractivity contribution in [1.29, 1.82) is 0 Å². The van der Waals surface area contributed by atoms with E-state index in [1.54, 1.807) is 24.8 Å². The van der Waals surface area contributed by atoms with Crippen molar-refractivity contribution in [3.05, 3.63) is 150 Å². The molecule has 6 aromatic rings. The Kier molecular flexibility index (Phi) is 11.1. The number of rotatable bonds is 5. The van der Waals surface area contributed by atoms with E-state index in [1.165, 1.54) is 31.1 Å². The Balaban J connectivity index is 0.000000180. The van der Waals surface area contributed by atoms with Crippen LogP contribution in [0.5, 0.6) is 0 Å². The molecule has 2 aliphatic rings. The van der Waals surface area contributed by atoms with E-state index < -0.39 is 35.3 Å². The normalized spacial score (nSPS) is 13.8. The number of fused-ring (bicyclic) bond motifs is 2. The number of carbonyl (C=O) groups is 2. The Hall–Kier alpha value is -7.16. The highest BCUT2D eigenvalue weighted by atomic mass is 19.4. The molecule has 2 N–H and O–H groups in total. The summed E-state index contributed by atoms with van der Waals surface area (Å²) in [6.45, 7) is 0. The van der Waals surface area contributed by atoms with Gasteiger partial charge in [0.15, 0.2) is 0 Å². The van der Waals surface area contributed by atoms with Gasteiger partial charge in [-0.2, -0.15) is 26.3 Å². The van der Waals surface area contributed by atoms with Crippen LogP contribution in [0.15, 0.2) is 138 Å². The summed E-state index contributed by atoms with van der Waals surface area (Å²) in [5.74, 6) is -0.830. The van der Waals surface area contributed by atoms with Crippen LogP contribution in [0.4, 0.5) is 54.8 Å². The van der Waals surface area contributed by atoms with E-state index in [0.29, 0.717) is 17.1 Å². The van der Waals surface area contributed by atoms with Gasteiger partial charge in [-0.3, -0.25) is 29.5 Å². The average molecular weight is 806 g/mol. The molecule has 0 bridgehead atoms. The Labute approximate surface area is 334 Å². The first-order valence-electron chi connectivity index (χ1n) is 18.0. The van der Waals surface area contributed by atoms with Gasteiger partial charge < -0.3 is 15.5 Å². The Morgan fingerprint density at radius 3 is 1.47 bits per heavy atom. The number of hydrogen-bond acceptors (Lipinski definition) is 7. The SMILES string of the molecule is CN(C)c1cc2c(cc1C(F)(F)F)NC(=O)CC(c1cccc(-c3ccncc3)c1)=N2.O=C1CC(c2cccc(-c3ccncc3)c2)=Nc2ccc(C(F)(F)F)cc2N1. The largest absolute Gasteiger partial charge is 0.418 e. The van der Waals surface area contributed by atoms with Gasteiger partial charge in [0.25, 0.3) is 0 Å². The summed E-state index contributed by atoms with van der Waals surface area (Å²) >= 11 is 0. The summed E-state index contributed by atoms with van der Waals surface area (Å²) in [7, 11) is 3.07. The topological polar surface area (TPSA) is 112 Å². The van der Waals surface area contributed by atoms with Crippen LogP contribution in [-0.2, 0) is 21.9 Å². The van der Waals surface area contributed by atoms with Gasteiger partial charge in [0.1, 0.15) is 0 Å². The molecule has 15 heteroatoms. The highest BCUT2D eigenvalue weighted by Crippen LogP contribution is 2.43. The molecule has 0 saturated carbocycles. The summed E-state index contributed by atoms with van der Waals surface area (Å²) in [4.78, 5) is 43.2. The number of nitrogens with one attached hydrogen (secondary N) is 2. The number of benzene rings is 4. The third-order valence-electron chi connectivity index (χ3n) is 9.36. The number of anilines is 3. The fourth-order valence-corrected chi connectivity index (χ4v) is 6.52. The molecule has 0 fully saturated rings. The first-order chi connectivity index (χ1) is 28.1.